The van der Waals surface area contributed by atoms with Crippen molar-refractivity contribution in [3.8, 4) is 5.95 Å². The van der Waals surface area contributed by atoms with E-state index in [0.29, 0.717) is 11.1 Å². The number of fused-ring (bicyclic) bond motifs is 1. The van der Waals surface area contributed by atoms with Gasteiger partial charge in [-0.3, -0.25) is 4.79 Å². The number of carbonyl (C=O) groups is 1. The Balaban J connectivity index is 2.10. The minimum absolute atomic E-state index is 0.0677. The minimum Gasteiger partial charge on any atom is -0.298 e. The van der Waals surface area contributed by atoms with Crippen molar-refractivity contribution in [1.29, 1.82) is 0 Å². The highest BCUT2D eigenvalue weighted by Gasteiger charge is 2.29. The van der Waals surface area contributed by atoms with Crippen molar-refractivity contribution >= 4 is 23.3 Å². The zero-order valence-electron chi connectivity index (χ0n) is 11.7. The number of nitrogens with zero attached hydrogens (tertiary/aromatic N) is 6. The number of carbonyl (C=O) groups excluding carboxylic acids is 1. The second-order valence-corrected chi connectivity index (χ2v) is 5.86. The maximum Gasteiger partial charge on any atom is 0.274 e. The maximum absolute atomic E-state index is 11.6. The third-order valence-corrected chi connectivity index (χ3v) is 4.40. The van der Waals surface area contributed by atoms with E-state index in [1.807, 2.05) is 26.8 Å². The van der Waals surface area contributed by atoms with Crippen LogP contribution in [0, 0.1) is 13.8 Å². The number of rotatable bonds is 2. The molecule has 0 N–H and O–H groups in total. The summed E-state index contributed by atoms with van der Waals surface area (Å²) >= 11 is 1.37. The van der Waals surface area contributed by atoms with Crippen LogP contribution in [0.1, 0.15) is 25.2 Å². The summed E-state index contributed by atoms with van der Waals surface area (Å²) in [6, 6.07) is 1.96. The second kappa shape index (κ2) is 4.55. The summed E-state index contributed by atoms with van der Waals surface area (Å²) in [5.74, 6) is 0.609. The molecule has 0 saturated heterocycles. The molecule has 1 aliphatic heterocycles. The van der Waals surface area contributed by atoms with Crippen LogP contribution in [0.15, 0.2) is 16.3 Å². The second-order valence-electron chi connectivity index (χ2n) is 4.78. The van der Waals surface area contributed by atoms with Crippen LogP contribution in [0.25, 0.3) is 5.95 Å². The first-order valence-electron chi connectivity index (χ1n) is 6.19. The number of aromatic nitrogens is 5. The van der Waals surface area contributed by atoms with Gasteiger partial charge in [-0.1, -0.05) is 11.8 Å². The van der Waals surface area contributed by atoms with Crippen LogP contribution in [0.5, 0.6) is 0 Å². The van der Waals surface area contributed by atoms with Crippen LogP contribution in [0.2, 0.25) is 0 Å². The summed E-state index contributed by atoms with van der Waals surface area (Å²) in [7, 11) is 0. The molecule has 0 radical (unpaired) electrons. The molecule has 0 aromatic carbocycles. The summed E-state index contributed by atoms with van der Waals surface area (Å²) in [5, 5.41) is 17.4. The Hall–Kier alpha value is -1.96. The Labute approximate surface area is 120 Å². The van der Waals surface area contributed by atoms with E-state index in [1.54, 1.807) is 16.3 Å². The molecule has 7 nitrogen and oxygen atoms in total. The molecule has 3 heterocycles. The van der Waals surface area contributed by atoms with E-state index in [9.17, 15) is 4.79 Å². The number of thioether (sulfide) groups is 1. The average Bonchev–Trinajstić information content (AvgIpc) is 2.90. The molecule has 8 heteroatoms. The molecule has 0 fully saturated rings. The molecule has 20 heavy (non-hydrogen) atoms. The van der Waals surface area contributed by atoms with Crippen molar-refractivity contribution in [2.24, 2.45) is 5.10 Å². The Kier molecular flexibility index (Phi) is 2.97. The Morgan fingerprint density at radius 3 is 2.65 bits per heavy atom. The fourth-order valence-corrected chi connectivity index (χ4v) is 3.06. The molecular formula is C12H14N6OS. The first-order valence-corrected chi connectivity index (χ1v) is 7.07. The predicted molar refractivity (Wildman–Crippen MR) is 75.5 cm³/mol. The van der Waals surface area contributed by atoms with Gasteiger partial charge < -0.3 is 0 Å². The Morgan fingerprint density at radius 2 is 2.05 bits per heavy atom. The Bertz CT molecular complexity index is 728. The fraction of sp³-hybridized carbons (Fsp3) is 0.417. The SMILES string of the molecule is CC(=O)C1Sc2nnc(-n3nc(C)cc3C)n2N=C1C. The first kappa shape index (κ1) is 13.0. The number of hydrogen-bond donors (Lipinski definition) is 0. The summed E-state index contributed by atoms with van der Waals surface area (Å²) in [4.78, 5) is 11.6. The first-order chi connectivity index (χ1) is 9.47. The Morgan fingerprint density at radius 1 is 1.30 bits per heavy atom. The number of Topliss-reactive ketones (excluding diaryl/α,β-unsaturated/α-hetero) is 1. The lowest BCUT2D eigenvalue weighted by Crippen LogP contribution is -2.27. The lowest BCUT2D eigenvalue weighted by Gasteiger charge is -2.18. The van der Waals surface area contributed by atoms with Crippen molar-refractivity contribution in [1.82, 2.24) is 24.7 Å². The van der Waals surface area contributed by atoms with Crippen LogP contribution >= 0.6 is 11.8 Å². The van der Waals surface area contributed by atoms with E-state index >= 15 is 0 Å². The standard InChI is InChI=1S/C12H14N6OS/c1-6-5-7(2)17(15-6)11-13-14-12-18(11)16-8(3)10(20-12)9(4)19/h5,10H,1-4H3. The third-order valence-electron chi connectivity index (χ3n) is 3.02. The molecule has 0 spiro atoms. The zero-order valence-corrected chi connectivity index (χ0v) is 12.5. The molecular weight excluding hydrogens is 276 g/mol. The van der Waals surface area contributed by atoms with Crippen molar-refractivity contribution in [3.05, 3.63) is 17.5 Å². The van der Waals surface area contributed by atoms with E-state index in [4.69, 9.17) is 0 Å². The topological polar surface area (TPSA) is 78.0 Å². The quantitative estimate of drug-likeness (QED) is 0.834. The van der Waals surface area contributed by atoms with Gasteiger partial charge >= 0.3 is 0 Å². The zero-order chi connectivity index (χ0) is 14.4. The normalized spacial score (nSPS) is 17.8. The lowest BCUT2D eigenvalue weighted by molar-refractivity contribution is -0.115. The van der Waals surface area contributed by atoms with Gasteiger partial charge in [0.25, 0.3) is 5.95 Å². The van der Waals surface area contributed by atoms with Crippen LogP contribution in [0.4, 0.5) is 0 Å². The molecule has 1 atom stereocenters. The number of aryl methyl sites for hydroxylation is 2. The number of ketones is 1. The fourth-order valence-electron chi connectivity index (χ4n) is 2.16. The molecule has 2 aromatic rings. The predicted octanol–water partition coefficient (Wildman–Crippen LogP) is 1.37. The monoisotopic (exact) mass is 290 g/mol. The lowest BCUT2D eigenvalue weighted by atomic mass is 10.2. The van der Waals surface area contributed by atoms with Crippen molar-refractivity contribution in [2.45, 2.75) is 38.1 Å². The van der Waals surface area contributed by atoms with E-state index in [-0.39, 0.29) is 11.0 Å². The van der Waals surface area contributed by atoms with Gasteiger partial charge in [0, 0.05) is 5.69 Å². The van der Waals surface area contributed by atoms with Gasteiger partial charge in [0.15, 0.2) is 0 Å². The van der Waals surface area contributed by atoms with Gasteiger partial charge in [0.1, 0.15) is 11.0 Å². The molecule has 2 aromatic heterocycles. The van der Waals surface area contributed by atoms with Crippen molar-refractivity contribution in [2.75, 3.05) is 0 Å². The van der Waals surface area contributed by atoms with Crippen LogP contribution in [0.3, 0.4) is 0 Å². The summed E-state index contributed by atoms with van der Waals surface area (Å²) in [6.07, 6.45) is 0. The van der Waals surface area contributed by atoms with E-state index < -0.39 is 0 Å². The van der Waals surface area contributed by atoms with Gasteiger partial charge in [-0.2, -0.15) is 14.9 Å². The molecule has 3 rings (SSSR count). The smallest absolute Gasteiger partial charge is 0.274 e. The largest absolute Gasteiger partial charge is 0.298 e. The van der Waals surface area contributed by atoms with Crippen LogP contribution in [-0.2, 0) is 4.79 Å². The van der Waals surface area contributed by atoms with E-state index in [0.717, 1.165) is 17.1 Å². The van der Waals surface area contributed by atoms with Crippen LogP contribution < -0.4 is 0 Å². The third kappa shape index (κ3) is 1.96. The van der Waals surface area contributed by atoms with Crippen molar-refractivity contribution < 1.29 is 4.79 Å². The molecule has 1 aliphatic rings. The highest BCUT2D eigenvalue weighted by molar-refractivity contribution is 8.01. The van der Waals surface area contributed by atoms with Gasteiger partial charge in [0.05, 0.1) is 11.4 Å². The number of hydrogen-bond acceptors (Lipinski definition) is 6. The molecule has 104 valence electrons. The highest BCUT2D eigenvalue weighted by Crippen LogP contribution is 2.29. The minimum atomic E-state index is -0.278. The molecule has 0 aliphatic carbocycles. The van der Waals surface area contributed by atoms with Gasteiger partial charge in [0.2, 0.25) is 5.16 Å². The van der Waals surface area contributed by atoms with Gasteiger partial charge in [-0.15, -0.1) is 10.2 Å². The van der Waals surface area contributed by atoms with Gasteiger partial charge in [-0.05, 0) is 33.8 Å². The molecule has 0 amide bonds. The van der Waals surface area contributed by atoms with Gasteiger partial charge in [-0.25, -0.2) is 4.68 Å². The van der Waals surface area contributed by atoms with E-state index in [2.05, 4.69) is 20.4 Å². The highest BCUT2D eigenvalue weighted by atomic mass is 32.2. The summed E-state index contributed by atoms with van der Waals surface area (Å²) in [5.41, 5.74) is 2.62. The molecule has 0 bridgehead atoms. The summed E-state index contributed by atoms with van der Waals surface area (Å²) in [6.45, 7) is 7.27. The molecule has 0 saturated carbocycles. The van der Waals surface area contributed by atoms with E-state index in [1.165, 1.54) is 11.8 Å². The summed E-state index contributed by atoms with van der Waals surface area (Å²) < 4.78 is 3.34. The molecule has 1 unspecified atom stereocenters. The maximum atomic E-state index is 11.6. The van der Waals surface area contributed by atoms with Crippen molar-refractivity contribution in [3.63, 3.8) is 0 Å². The average molecular weight is 290 g/mol. The van der Waals surface area contributed by atoms with Crippen LogP contribution in [-0.4, -0.2) is 41.4 Å².